The average Bonchev–Trinajstić information content (AvgIpc) is 2.39. The van der Waals surface area contributed by atoms with Gasteiger partial charge in [0.15, 0.2) is 5.82 Å². The molecular formula is C14H18N4O. The van der Waals surface area contributed by atoms with E-state index in [1.807, 2.05) is 25.1 Å². The van der Waals surface area contributed by atoms with Gasteiger partial charge in [-0.15, -0.1) is 0 Å². The van der Waals surface area contributed by atoms with Crippen molar-refractivity contribution in [2.24, 2.45) is 0 Å². The molecule has 1 saturated heterocycles. The van der Waals surface area contributed by atoms with Gasteiger partial charge in [-0.25, -0.2) is 4.98 Å². The van der Waals surface area contributed by atoms with Gasteiger partial charge in [0.25, 0.3) is 5.56 Å². The first-order chi connectivity index (χ1) is 9.15. The van der Waals surface area contributed by atoms with Crippen LogP contribution in [0.15, 0.2) is 23.0 Å². The lowest BCUT2D eigenvalue weighted by Crippen LogP contribution is -2.50. The van der Waals surface area contributed by atoms with Gasteiger partial charge in [0, 0.05) is 25.7 Å². The van der Waals surface area contributed by atoms with Gasteiger partial charge in [0.2, 0.25) is 0 Å². The Hall–Kier alpha value is -1.88. The first kappa shape index (κ1) is 12.2. The lowest BCUT2D eigenvalue weighted by molar-refractivity contribution is 0.481. The summed E-state index contributed by atoms with van der Waals surface area (Å²) in [6.07, 6.45) is 0. The number of piperazine rings is 1. The highest BCUT2D eigenvalue weighted by Gasteiger charge is 2.20. The summed E-state index contributed by atoms with van der Waals surface area (Å²) in [5.74, 6) is 0.534. The van der Waals surface area contributed by atoms with Crippen molar-refractivity contribution in [3.05, 3.63) is 34.1 Å². The maximum Gasteiger partial charge on any atom is 0.291 e. The zero-order valence-corrected chi connectivity index (χ0v) is 11.2. The molecule has 1 aliphatic rings. The molecule has 2 N–H and O–H groups in total. The molecule has 0 saturated carbocycles. The standard InChI is InChI=1S/C14H18N4O/c1-9-4-3-5-11-12(9)17-14(19)13(16-11)18-7-6-15-10(2)8-18/h3-5,10,15H,6-8H2,1-2H3,(H,17,19). The zero-order valence-electron chi connectivity index (χ0n) is 11.2. The lowest BCUT2D eigenvalue weighted by Gasteiger charge is -2.32. The lowest BCUT2D eigenvalue weighted by atomic mass is 10.2. The van der Waals surface area contributed by atoms with Crippen molar-refractivity contribution in [1.29, 1.82) is 0 Å². The van der Waals surface area contributed by atoms with E-state index in [4.69, 9.17) is 0 Å². The normalized spacial score (nSPS) is 19.9. The number of nitrogens with zero attached hydrogens (tertiary/aromatic N) is 2. The Balaban J connectivity index is 2.09. The van der Waals surface area contributed by atoms with Crippen LogP contribution in [0.3, 0.4) is 0 Å². The number of aryl methyl sites for hydroxylation is 1. The molecule has 5 heteroatoms. The Morgan fingerprint density at radius 1 is 1.42 bits per heavy atom. The molecule has 0 amide bonds. The van der Waals surface area contributed by atoms with Gasteiger partial charge in [0.1, 0.15) is 0 Å². The van der Waals surface area contributed by atoms with E-state index in [-0.39, 0.29) is 5.56 Å². The van der Waals surface area contributed by atoms with Gasteiger partial charge in [-0.1, -0.05) is 12.1 Å². The van der Waals surface area contributed by atoms with Gasteiger partial charge < -0.3 is 15.2 Å². The topological polar surface area (TPSA) is 61.0 Å². The summed E-state index contributed by atoms with van der Waals surface area (Å²) in [4.78, 5) is 21.8. The highest BCUT2D eigenvalue weighted by molar-refractivity contribution is 5.78. The van der Waals surface area contributed by atoms with E-state index in [1.165, 1.54) is 0 Å². The van der Waals surface area contributed by atoms with Crippen molar-refractivity contribution < 1.29 is 0 Å². The van der Waals surface area contributed by atoms with Gasteiger partial charge in [-0.05, 0) is 25.5 Å². The van der Waals surface area contributed by atoms with Crippen LogP contribution >= 0.6 is 0 Å². The zero-order chi connectivity index (χ0) is 13.4. The third kappa shape index (κ3) is 2.21. The summed E-state index contributed by atoms with van der Waals surface area (Å²) >= 11 is 0. The Morgan fingerprint density at radius 3 is 3.05 bits per heavy atom. The molecular weight excluding hydrogens is 240 g/mol. The minimum atomic E-state index is -0.101. The molecule has 5 nitrogen and oxygen atoms in total. The second-order valence-corrected chi connectivity index (χ2v) is 5.16. The van der Waals surface area contributed by atoms with Crippen LogP contribution in [0, 0.1) is 6.92 Å². The Labute approximate surface area is 111 Å². The largest absolute Gasteiger partial charge is 0.349 e. The van der Waals surface area contributed by atoms with Gasteiger partial charge >= 0.3 is 0 Å². The van der Waals surface area contributed by atoms with Gasteiger partial charge in [-0.3, -0.25) is 4.79 Å². The first-order valence-electron chi connectivity index (χ1n) is 6.63. The van der Waals surface area contributed by atoms with Crippen molar-refractivity contribution in [2.45, 2.75) is 19.9 Å². The van der Waals surface area contributed by atoms with E-state index in [9.17, 15) is 4.79 Å². The number of rotatable bonds is 1. The van der Waals surface area contributed by atoms with E-state index >= 15 is 0 Å². The van der Waals surface area contributed by atoms with E-state index in [0.717, 1.165) is 36.2 Å². The maximum atomic E-state index is 12.2. The number of anilines is 1. The average molecular weight is 258 g/mol. The van der Waals surface area contributed by atoms with Crippen LogP contribution < -0.4 is 15.8 Å². The van der Waals surface area contributed by atoms with E-state index in [0.29, 0.717) is 11.9 Å². The minimum Gasteiger partial charge on any atom is -0.349 e. The molecule has 3 rings (SSSR count). The van der Waals surface area contributed by atoms with Crippen molar-refractivity contribution in [3.63, 3.8) is 0 Å². The highest BCUT2D eigenvalue weighted by Crippen LogP contribution is 2.16. The predicted octanol–water partition coefficient (Wildman–Crippen LogP) is 1.03. The Kier molecular flexibility index (Phi) is 2.98. The van der Waals surface area contributed by atoms with E-state index < -0.39 is 0 Å². The second-order valence-electron chi connectivity index (χ2n) is 5.16. The third-order valence-corrected chi connectivity index (χ3v) is 3.59. The van der Waals surface area contributed by atoms with Crippen molar-refractivity contribution in [3.8, 4) is 0 Å². The Bertz CT molecular complexity index is 664. The molecule has 1 fully saturated rings. The van der Waals surface area contributed by atoms with Crippen LogP contribution in [-0.4, -0.2) is 35.6 Å². The molecule has 2 heterocycles. The molecule has 100 valence electrons. The SMILES string of the molecule is Cc1cccc2nc(N3CCNC(C)C3)c(=O)[nH]c12. The quantitative estimate of drug-likeness (QED) is 0.802. The number of benzene rings is 1. The van der Waals surface area contributed by atoms with Crippen LogP contribution in [0.1, 0.15) is 12.5 Å². The number of nitrogens with one attached hydrogen (secondary N) is 2. The summed E-state index contributed by atoms with van der Waals surface area (Å²) < 4.78 is 0. The number of hydrogen-bond acceptors (Lipinski definition) is 4. The Morgan fingerprint density at radius 2 is 2.26 bits per heavy atom. The summed E-state index contributed by atoms with van der Waals surface area (Å²) in [6, 6.07) is 6.26. The minimum absolute atomic E-state index is 0.101. The third-order valence-electron chi connectivity index (χ3n) is 3.59. The molecule has 1 aliphatic heterocycles. The van der Waals surface area contributed by atoms with Crippen LogP contribution in [-0.2, 0) is 0 Å². The molecule has 0 bridgehead atoms. The predicted molar refractivity (Wildman–Crippen MR) is 76.8 cm³/mol. The first-order valence-corrected chi connectivity index (χ1v) is 6.63. The molecule has 1 aromatic heterocycles. The molecule has 0 spiro atoms. The molecule has 1 unspecified atom stereocenters. The summed E-state index contributed by atoms with van der Waals surface area (Å²) in [5, 5.41) is 3.37. The van der Waals surface area contributed by atoms with Gasteiger partial charge in [-0.2, -0.15) is 0 Å². The number of fused-ring (bicyclic) bond motifs is 1. The number of para-hydroxylation sites is 1. The molecule has 19 heavy (non-hydrogen) atoms. The van der Waals surface area contributed by atoms with Crippen LogP contribution in [0.4, 0.5) is 5.82 Å². The summed E-state index contributed by atoms with van der Waals surface area (Å²) in [7, 11) is 0. The maximum absolute atomic E-state index is 12.2. The van der Waals surface area contributed by atoms with E-state index in [2.05, 4.69) is 27.1 Å². The molecule has 2 aromatic rings. The molecule has 0 radical (unpaired) electrons. The fourth-order valence-electron chi connectivity index (χ4n) is 2.58. The molecule has 1 aromatic carbocycles. The summed E-state index contributed by atoms with van der Waals surface area (Å²) in [6.45, 7) is 6.61. The number of hydrogen-bond donors (Lipinski definition) is 2. The van der Waals surface area contributed by atoms with Crippen LogP contribution in [0.25, 0.3) is 11.0 Å². The van der Waals surface area contributed by atoms with E-state index in [1.54, 1.807) is 0 Å². The smallest absolute Gasteiger partial charge is 0.291 e. The monoisotopic (exact) mass is 258 g/mol. The van der Waals surface area contributed by atoms with Crippen molar-refractivity contribution >= 4 is 16.9 Å². The number of aromatic nitrogens is 2. The number of aromatic amines is 1. The fourth-order valence-corrected chi connectivity index (χ4v) is 2.58. The highest BCUT2D eigenvalue weighted by atomic mass is 16.1. The second kappa shape index (κ2) is 4.66. The number of H-pyrrole nitrogens is 1. The van der Waals surface area contributed by atoms with Crippen molar-refractivity contribution in [2.75, 3.05) is 24.5 Å². The van der Waals surface area contributed by atoms with Crippen molar-refractivity contribution in [1.82, 2.24) is 15.3 Å². The molecule has 1 atom stereocenters. The fraction of sp³-hybridized carbons (Fsp3) is 0.429. The summed E-state index contributed by atoms with van der Waals surface area (Å²) in [5.41, 5.74) is 2.62. The van der Waals surface area contributed by atoms with Crippen LogP contribution in [0.5, 0.6) is 0 Å². The van der Waals surface area contributed by atoms with Crippen LogP contribution in [0.2, 0.25) is 0 Å². The van der Waals surface area contributed by atoms with Gasteiger partial charge in [0.05, 0.1) is 11.0 Å². The molecule has 0 aliphatic carbocycles.